The predicted molar refractivity (Wildman–Crippen MR) is 108 cm³/mol. The zero-order valence-corrected chi connectivity index (χ0v) is 16.4. The van der Waals surface area contributed by atoms with E-state index in [1.165, 1.54) is 11.1 Å². The minimum Gasteiger partial charge on any atom is -0.508 e. The smallest absolute Gasteiger partial charge is 0.119 e. The van der Waals surface area contributed by atoms with Crippen molar-refractivity contribution in [3.63, 3.8) is 0 Å². The van der Waals surface area contributed by atoms with Gasteiger partial charge in [0.25, 0.3) is 0 Å². The van der Waals surface area contributed by atoms with Gasteiger partial charge in [0, 0.05) is 23.6 Å². The number of benzene rings is 1. The molecule has 0 heterocycles. The molecular formula is C23H33NO. The molecule has 1 aromatic rings. The molecule has 1 aromatic carbocycles. The van der Waals surface area contributed by atoms with Gasteiger partial charge >= 0.3 is 0 Å². The molecule has 0 saturated heterocycles. The predicted octanol–water partition coefficient (Wildman–Crippen LogP) is 5.74. The van der Waals surface area contributed by atoms with Crippen molar-refractivity contribution in [2.45, 2.75) is 65.5 Å². The normalized spacial score (nSPS) is 15.8. The highest BCUT2D eigenvalue weighted by Crippen LogP contribution is 2.36. The first kappa shape index (κ1) is 19.5. The average molecular weight is 340 g/mol. The van der Waals surface area contributed by atoms with Gasteiger partial charge in [-0.05, 0) is 65.6 Å². The van der Waals surface area contributed by atoms with Gasteiger partial charge in [-0.15, -0.1) is 0 Å². The molecule has 0 saturated carbocycles. The number of phenolic OH excluding ortho intramolecular Hbond substituents is 1. The Labute approximate surface area is 153 Å². The van der Waals surface area contributed by atoms with Crippen molar-refractivity contribution >= 4 is 0 Å². The SMILES string of the molecule is Cc1ccc(O)c([C@H](CCN(C(C)C)C(C)C)C2=CC=CCC=C2)c1. The van der Waals surface area contributed by atoms with E-state index >= 15 is 0 Å². The lowest BCUT2D eigenvalue weighted by molar-refractivity contribution is 0.170. The number of allylic oxidation sites excluding steroid dienone is 6. The van der Waals surface area contributed by atoms with Crippen LogP contribution in [0.1, 0.15) is 57.6 Å². The minimum absolute atomic E-state index is 0.207. The highest BCUT2D eigenvalue weighted by molar-refractivity contribution is 5.46. The number of hydrogen-bond donors (Lipinski definition) is 1. The summed E-state index contributed by atoms with van der Waals surface area (Å²) in [6.07, 6.45) is 12.9. The third-order valence-corrected chi connectivity index (χ3v) is 4.97. The molecule has 2 heteroatoms. The van der Waals surface area contributed by atoms with Gasteiger partial charge in [-0.3, -0.25) is 4.90 Å². The first-order valence-corrected chi connectivity index (χ1v) is 9.48. The van der Waals surface area contributed by atoms with Crippen molar-refractivity contribution in [1.82, 2.24) is 4.90 Å². The second-order valence-corrected chi connectivity index (χ2v) is 7.56. The van der Waals surface area contributed by atoms with Gasteiger partial charge in [-0.2, -0.15) is 0 Å². The molecule has 0 bridgehead atoms. The summed E-state index contributed by atoms with van der Waals surface area (Å²) in [6, 6.07) is 6.98. The third kappa shape index (κ3) is 5.34. The summed E-state index contributed by atoms with van der Waals surface area (Å²) in [7, 11) is 0. The van der Waals surface area contributed by atoms with Crippen molar-refractivity contribution in [3.8, 4) is 5.75 Å². The lowest BCUT2D eigenvalue weighted by atomic mass is 9.86. The lowest BCUT2D eigenvalue weighted by Gasteiger charge is -2.32. The van der Waals surface area contributed by atoms with Gasteiger partial charge in [0.15, 0.2) is 0 Å². The van der Waals surface area contributed by atoms with Crippen LogP contribution in [0.5, 0.6) is 5.75 Å². The summed E-state index contributed by atoms with van der Waals surface area (Å²) in [4.78, 5) is 2.52. The first-order valence-electron chi connectivity index (χ1n) is 9.48. The van der Waals surface area contributed by atoms with Crippen LogP contribution in [-0.4, -0.2) is 28.6 Å². The number of phenols is 1. The molecule has 0 radical (unpaired) electrons. The molecule has 2 nitrogen and oxygen atoms in total. The quantitative estimate of drug-likeness (QED) is 0.685. The highest BCUT2D eigenvalue weighted by Gasteiger charge is 2.22. The van der Waals surface area contributed by atoms with Crippen LogP contribution in [0.2, 0.25) is 0 Å². The zero-order valence-electron chi connectivity index (χ0n) is 16.4. The van der Waals surface area contributed by atoms with E-state index in [1.807, 2.05) is 12.1 Å². The topological polar surface area (TPSA) is 23.5 Å². The fraction of sp³-hybridized carbons (Fsp3) is 0.478. The maximum atomic E-state index is 10.5. The second-order valence-electron chi connectivity index (χ2n) is 7.56. The van der Waals surface area contributed by atoms with Crippen molar-refractivity contribution in [1.29, 1.82) is 0 Å². The lowest BCUT2D eigenvalue weighted by Crippen LogP contribution is -2.38. The van der Waals surface area contributed by atoms with Crippen LogP contribution in [0.15, 0.2) is 54.2 Å². The molecule has 2 rings (SSSR count). The molecule has 0 spiro atoms. The van der Waals surface area contributed by atoms with Crippen LogP contribution in [0, 0.1) is 6.92 Å². The Morgan fingerprint density at radius 1 is 1.08 bits per heavy atom. The van der Waals surface area contributed by atoms with E-state index in [0.717, 1.165) is 24.9 Å². The Balaban J connectivity index is 2.34. The third-order valence-electron chi connectivity index (χ3n) is 4.97. The second kappa shape index (κ2) is 9.05. The molecule has 1 N–H and O–H groups in total. The molecule has 0 fully saturated rings. The fourth-order valence-electron chi connectivity index (χ4n) is 3.67. The van der Waals surface area contributed by atoms with Crippen LogP contribution in [0.25, 0.3) is 0 Å². The van der Waals surface area contributed by atoms with Crippen molar-refractivity contribution < 1.29 is 5.11 Å². The molecular weight excluding hydrogens is 306 g/mol. The van der Waals surface area contributed by atoms with Crippen LogP contribution in [0.4, 0.5) is 0 Å². The average Bonchev–Trinajstić information content (AvgIpc) is 2.82. The van der Waals surface area contributed by atoms with Gasteiger partial charge in [-0.1, -0.05) is 48.1 Å². The molecule has 1 atom stereocenters. The Bertz CT molecular complexity index is 644. The van der Waals surface area contributed by atoms with Crippen molar-refractivity contribution in [2.75, 3.05) is 6.54 Å². The Morgan fingerprint density at radius 2 is 1.80 bits per heavy atom. The monoisotopic (exact) mass is 339 g/mol. The van der Waals surface area contributed by atoms with E-state index in [9.17, 15) is 5.11 Å². The zero-order chi connectivity index (χ0) is 18.4. The summed E-state index contributed by atoms with van der Waals surface area (Å²) >= 11 is 0. The van der Waals surface area contributed by atoms with Gasteiger partial charge in [0.2, 0.25) is 0 Å². The summed E-state index contributed by atoms with van der Waals surface area (Å²) in [6.45, 7) is 12.1. The maximum Gasteiger partial charge on any atom is 0.119 e. The van der Waals surface area contributed by atoms with E-state index in [-0.39, 0.29) is 5.92 Å². The van der Waals surface area contributed by atoms with Gasteiger partial charge in [0.05, 0.1) is 0 Å². The Hall–Kier alpha value is -1.80. The Morgan fingerprint density at radius 3 is 2.48 bits per heavy atom. The molecule has 0 aliphatic heterocycles. The largest absolute Gasteiger partial charge is 0.508 e. The van der Waals surface area contributed by atoms with E-state index in [1.54, 1.807) is 0 Å². The standard InChI is InChI=1S/C23H33NO/c1-17(2)24(18(3)4)15-14-21(20-10-8-6-7-9-11-20)22-16-19(5)12-13-23(22)25/h6,8-13,16-18,21,25H,7,14-15H2,1-5H3/t21-/m1/s1. The highest BCUT2D eigenvalue weighted by atomic mass is 16.3. The fourth-order valence-corrected chi connectivity index (χ4v) is 3.67. The van der Waals surface area contributed by atoms with Gasteiger partial charge in [-0.25, -0.2) is 0 Å². The van der Waals surface area contributed by atoms with Crippen molar-refractivity contribution in [3.05, 3.63) is 65.3 Å². The van der Waals surface area contributed by atoms with E-state index in [2.05, 4.69) is 76.0 Å². The number of aryl methyl sites for hydroxylation is 1. The maximum absolute atomic E-state index is 10.5. The molecule has 1 aliphatic rings. The van der Waals surface area contributed by atoms with E-state index in [4.69, 9.17) is 0 Å². The molecule has 25 heavy (non-hydrogen) atoms. The van der Waals surface area contributed by atoms with Gasteiger partial charge < -0.3 is 5.11 Å². The number of hydrogen-bond acceptors (Lipinski definition) is 2. The number of nitrogens with zero attached hydrogens (tertiary/aromatic N) is 1. The summed E-state index contributed by atoms with van der Waals surface area (Å²) < 4.78 is 0. The van der Waals surface area contributed by atoms with E-state index in [0.29, 0.717) is 17.8 Å². The first-order chi connectivity index (χ1) is 11.9. The summed E-state index contributed by atoms with van der Waals surface area (Å²) in [5.74, 6) is 0.609. The molecule has 0 aromatic heterocycles. The molecule has 136 valence electrons. The van der Waals surface area contributed by atoms with Crippen molar-refractivity contribution in [2.24, 2.45) is 0 Å². The van der Waals surface area contributed by atoms with Gasteiger partial charge in [0.1, 0.15) is 5.75 Å². The Kier molecular flexibility index (Phi) is 7.07. The molecule has 0 unspecified atom stereocenters. The molecule has 0 amide bonds. The summed E-state index contributed by atoms with van der Waals surface area (Å²) in [5, 5.41) is 10.5. The van der Waals surface area contributed by atoms with E-state index < -0.39 is 0 Å². The summed E-state index contributed by atoms with van der Waals surface area (Å²) in [5.41, 5.74) is 3.51. The van der Waals surface area contributed by atoms with Crippen LogP contribution in [0.3, 0.4) is 0 Å². The number of aromatic hydroxyl groups is 1. The van der Waals surface area contributed by atoms with Crippen LogP contribution < -0.4 is 0 Å². The number of rotatable bonds is 7. The van der Waals surface area contributed by atoms with Crippen LogP contribution in [-0.2, 0) is 0 Å². The minimum atomic E-state index is 0.207. The molecule has 1 aliphatic carbocycles. The van der Waals surface area contributed by atoms with Crippen LogP contribution >= 0.6 is 0 Å².